The molecule has 1 aliphatic rings. The smallest absolute Gasteiger partial charge is 0.272 e. The molecule has 0 saturated carbocycles. The fourth-order valence-corrected chi connectivity index (χ4v) is 4.13. The van der Waals surface area contributed by atoms with Gasteiger partial charge in [-0.2, -0.15) is 17.5 Å². The van der Waals surface area contributed by atoms with Gasteiger partial charge in [-0.3, -0.25) is 14.4 Å². The monoisotopic (exact) mass is 481 g/mol. The Morgan fingerprint density at radius 2 is 1.78 bits per heavy atom. The molecule has 1 aliphatic heterocycles. The lowest BCUT2D eigenvalue weighted by atomic mass is 9.92. The van der Waals surface area contributed by atoms with E-state index in [1.165, 1.54) is 24.3 Å². The van der Waals surface area contributed by atoms with Crippen LogP contribution in [0.1, 0.15) is 58.9 Å². The second kappa shape index (κ2) is 10.4. The van der Waals surface area contributed by atoms with E-state index in [0.717, 1.165) is 37.4 Å². The van der Waals surface area contributed by atoms with Crippen molar-refractivity contribution in [2.45, 2.75) is 38.1 Å². The molecule has 0 fully saturated rings. The van der Waals surface area contributed by atoms with Crippen LogP contribution in [0, 0.1) is 11.8 Å². The summed E-state index contributed by atoms with van der Waals surface area (Å²) in [7, 11) is 0. The van der Waals surface area contributed by atoms with Crippen LogP contribution in [0.25, 0.3) is 10.8 Å². The van der Waals surface area contributed by atoms with Gasteiger partial charge in [0.1, 0.15) is 12.0 Å². The summed E-state index contributed by atoms with van der Waals surface area (Å²) in [6.07, 6.45) is 4.22. The highest BCUT2D eigenvalue weighted by molar-refractivity contribution is 8.14. The topological polar surface area (TPSA) is 63.7 Å². The summed E-state index contributed by atoms with van der Waals surface area (Å²) in [6, 6.07) is 7.41. The van der Waals surface area contributed by atoms with E-state index in [-0.39, 0.29) is 26.7 Å². The van der Waals surface area contributed by atoms with E-state index in [1.807, 2.05) is 0 Å². The fraction of sp³-hybridized carbons (Fsp3) is 0.318. The summed E-state index contributed by atoms with van der Waals surface area (Å²) >= 11 is 0.203. The van der Waals surface area contributed by atoms with Crippen molar-refractivity contribution in [3.05, 3.63) is 47.0 Å². The number of alkyl halides is 3. The largest absolute Gasteiger partial charge is 0.470 e. The summed E-state index contributed by atoms with van der Waals surface area (Å²) in [6.45, 7) is 2.11. The first-order valence-electron chi connectivity index (χ1n) is 9.78. The lowest BCUT2D eigenvalue weighted by Crippen LogP contribution is -2.39. The first-order valence-corrected chi connectivity index (χ1v) is 11.5. The number of hydrogen-bond donors (Lipinski definition) is 0. The van der Waals surface area contributed by atoms with Gasteiger partial charge in [-0.05, 0) is 35.9 Å². The molecule has 0 saturated heterocycles. The third kappa shape index (κ3) is 5.65. The van der Waals surface area contributed by atoms with Gasteiger partial charge < -0.3 is 0 Å². The number of rotatable bonds is 7. The zero-order chi connectivity index (χ0) is 23.3. The predicted molar refractivity (Wildman–Crippen MR) is 118 cm³/mol. The average Bonchev–Trinajstić information content (AvgIpc) is 2.75. The molecule has 0 radical (unpaired) electrons. The maximum Gasteiger partial charge on any atom is 0.470 e. The number of halogens is 3. The highest BCUT2D eigenvalue weighted by atomic mass is 32.2. The lowest BCUT2D eigenvalue weighted by molar-refractivity contribution is -0.106. The minimum atomic E-state index is -4.78. The molecule has 168 valence electrons. The first-order chi connectivity index (χ1) is 15.2. The van der Waals surface area contributed by atoms with Gasteiger partial charge in [-0.1, -0.05) is 56.0 Å². The number of carbonyl (C=O) groups excluding carboxylic acids is 3. The Morgan fingerprint density at radius 1 is 1.06 bits per heavy atom. The van der Waals surface area contributed by atoms with Gasteiger partial charge in [0.15, 0.2) is 0 Å². The number of hydrogen-bond acceptors (Lipinski definition) is 6. The third-order valence-corrected chi connectivity index (χ3v) is 5.88. The maximum absolute atomic E-state index is 12.6. The number of amides is 2. The van der Waals surface area contributed by atoms with Crippen LogP contribution in [0.4, 0.5) is 13.2 Å². The van der Waals surface area contributed by atoms with Gasteiger partial charge in [-0.15, -0.1) is 5.06 Å². The van der Waals surface area contributed by atoms with Gasteiger partial charge in [0.2, 0.25) is 0 Å². The molecule has 0 spiro atoms. The number of unbranched alkanes of at least 4 members (excludes halogenated alkanes) is 3. The Morgan fingerprint density at radius 3 is 2.47 bits per heavy atom. The second-order valence-corrected chi connectivity index (χ2v) is 8.69. The standard InChI is InChI=1S/C22H18F3NO4S2/c1-2-3-4-5-13-31-18(27)12-10-14-9-11-17-19-15(14)7-6-8-16(19)20(28)26(21(17)29)30-32-22(23,24)25/h6-9,11H,2-5,13H2,1H3. The predicted octanol–water partition coefficient (Wildman–Crippen LogP) is 5.73. The van der Waals surface area contributed by atoms with E-state index < -0.39 is 29.4 Å². The van der Waals surface area contributed by atoms with Crippen LogP contribution in [0.3, 0.4) is 0 Å². The first kappa shape index (κ1) is 24.2. The molecule has 2 amide bonds. The van der Waals surface area contributed by atoms with E-state index in [2.05, 4.69) is 23.0 Å². The van der Waals surface area contributed by atoms with Crippen LogP contribution < -0.4 is 0 Å². The Bertz CT molecular complexity index is 1100. The van der Waals surface area contributed by atoms with Gasteiger partial charge in [-0.25, -0.2) is 0 Å². The minimum absolute atomic E-state index is 0.0140. The van der Waals surface area contributed by atoms with Crippen LogP contribution in [0.2, 0.25) is 0 Å². The SMILES string of the molecule is CCCCCCSC(=O)C#Cc1ccc2c3c(cccc13)C(=O)N(OSC(F)(F)F)C2=O. The Balaban J connectivity index is 1.85. The summed E-state index contributed by atoms with van der Waals surface area (Å²) < 4.78 is 41.8. The number of benzene rings is 2. The van der Waals surface area contributed by atoms with Crippen molar-refractivity contribution in [2.24, 2.45) is 0 Å². The molecule has 2 aromatic rings. The van der Waals surface area contributed by atoms with Crippen molar-refractivity contribution in [1.29, 1.82) is 0 Å². The Hall–Kier alpha value is -2.48. The van der Waals surface area contributed by atoms with Crippen molar-refractivity contribution in [1.82, 2.24) is 5.06 Å². The number of nitrogens with zero attached hydrogens (tertiary/aromatic N) is 1. The van der Waals surface area contributed by atoms with Crippen molar-refractivity contribution >= 4 is 51.5 Å². The molecular weight excluding hydrogens is 463 g/mol. The third-order valence-electron chi connectivity index (χ3n) is 4.61. The molecule has 0 unspecified atom stereocenters. The Kier molecular flexibility index (Phi) is 7.87. The molecule has 3 rings (SSSR count). The molecule has 0 aromatic heterocycles. The van der Waals surface area contributed by atoms with E-state index in [0.29, 0.717) is 16.7 Å². The molecule has 0 atom stereocenters. The molecule has 2 aromatic carbocycles. The quantitative estimate of drug-likeness (QED) is 0.218. The highest BCUT2D eigenvalue weighted by Gasteiger charge is 2.39. The van der Waals surface area contributed by atoms with Crippen molar-refractivity contribution in [2.75, 3.05) is 5.75 Å². The minimum Gasteiger partial charge on any atom is -0.272 e. The van der Waals surface area contributed by atoms with Crippen LogP contribution >= 0.6 is 23.8 Å². The van der Waals surface area contributed by atoms with Crippen molar-refractivity contribution in [3.63, 3.8) is 0 Å². The lowest BCUT2D eigenvalue weighted by Gasteiger charge is -2.25. The molecule has 10 heteroatoms. The maximum atomic E-state index is 12.6. The van der Waals surface area contributed by atoms with Gasteiger partial charge in [0.25, 0.3) is 16.9 Å². The molecule has 0 aliphatic carbocycles. The molecule has 0 N–H and O–H groups in total. The van der Waals surface area contributed by atoms with Gasteiger partial charge in [0, 0.05) is 16.7 Å². The van der Waals surface area contributed by atoms with Crippen LogP contribution in [-0.2, 0) is 9.08 Å². The second-order valence-electron chi connectivity index (χ2n) is 6.84. The molecule has 1 heterocycles. The van der Waals surface area contributed by atoms with Gasteiger partial charge >= 0.3 is 5.51 Å². The number of imide groups is 1. The van der Waals surface area contributed by atoms with Crippen LogP contribution in [0.5, 0.6) is 0 Å². The fourth-order valence-electron chi connectivity index (χ4n) is 3.18. The zero-order valence-corrected chi connectivity index (χ0v) is 18.6. The Labute approximate surface area is 191 Å². The van der Waals surface area contributed by atoms with E-state index in [9.17, 15) is 27.6 Å². The summed E-state index contributed by atoms with van der Waals surface area (Å²) in [5, 5.41) is 0.543. The normalized spacial score (nSPS) is 13.3. The van der Waals surface area contributed by atoms with E-state index in [4.69, 9.17) is 0 Å². The summed E-state index contributed by atoms with van der Waals surface area (Å²) in [4.78, 5) is 37.3. The molecule has 5 nitrogen and oxygen atoms in total. The number of thioether (sulfide) groups is 1. The number of carbonyl (C=O) groups is 3. The molecule has 0 bridgehead atoms. The summed E-state index contributed by atoms with van der Waals surface area (Å²) in [5.74, 6) is 4.03. The average molecular weight is 482 g/mol. The highest BCUT2D eigenvalue weighted by Crippen LogP contribution is 2.36. The molecule has 32 heavy (non-hydrogen) atoms. The summed E-state index contributed by atoms with van der Waals surface area (Å²) in [5.41, 5.74) is -4.32. The van der Waals surface area contributed by atoms with Gasteiger partial charge in [0.05, 0.1) is 11.1 Å². The number of hydroxylamine groups is 2. The zero-order valence-electron chi connectivity index (χ0n) is 17.0. The van der Waals surface area contributed by atoms with E-state index in [1.54, 1.807) is 6.07 Å². The van der Waals surface area contributed by atoms with Crippen molar-refractivity contribution < 1.29 is 31.8 Å². The van der Waals surface area contributed by atoms with Crippen LogP contribution in [0.15, 0.2) is 30.3 Å². The van der Waals surface area contributed by atoms with Crippen molar-refractivity contribution in [3.8, 4) is 11.8 Å². The molecular formula is C22H18F3NO4S2. The van der Waals surface area contributed by atoms with E-state index >= 15 is 0 Å². The van der Waals surface area contributed by atoms with Crippen LogP contribution in [-0.4, -0.2) is 33.3 Å².